The standard InChI is InChI=1S/C9H13N5O5/c1-14-8(10-4-11-14)13-9(19)12-5(7(17)18)2-3-6(15)16/h4-5H,2-3H2,1H3,(H,15,16)(H,17,18)(H2,10,11,12,13,19). The summed E-state index contributed by atoms with van der Waals surface area (Å²) in [6, 6.07) is -2.08. The number of hydrogen-bond donors (Lipinski definition) is 4. The molecule has 0 aromatic carbocycles. The Morgan fingerprint density at radius 2 is 2.11 bits per heavy atom. The van der Waals surface area contributed by atoms with Crippen LogP contribution in [-0.2, 0) is 16.6 Å². The number of amides is 2. The van der Waals surface area contributed by atoms with E-state index in [0.717, 1.165) is 0 Å². The van der Waals surface area contributed by atoms with Gasteiger partial charge in [-0.25, -0.2) is 14.3 Å². The lowest BCUT2D eigenvalue weighted by Crippen LogP contribution is -2.43. The summed E-state index contributed by atoms with van der Waals surface area (Å²) in [5.74, 6) is -2.31. The number of carbonyl (C=O) groups is 3. The van der Waals surface area contributed by atoms with Crippen LogP contribution in [0.1, 0.15) is 12.8 Å². The SMILES string of the molecule is Cn1ncnc1NC(=O)NC(CCC(=O)O)C(=O)O. The summed E-state index contributed by atoms with van der Waals surface area (Å²) in [7, 11) is 1.54. The Hall–Kier alpha value is -2.65. The van der Waals surface area contributed by atoms with Crippen molar-refractivity contribution in [2.75, 3.05) is 5.32 Å². The quantitative estimate of drug-likeness (QED) is 0.532. The van der Waals surface area contributed by atoms with E-state index in [1.807, 2.05) is 0 Å². The summed E-state index contributed by atoms with van der Waals surface area (Å²) in [6.45, 7) is 0. The van der Waals surface area contributed by atoms with E-state index in [2.05, 4.69) is 20.7 Å². The molecule has 0 aliphatic heterocycles. The number of anilines is 1. The minimum Gasteiger partial charge on any atom is -0.481 e. The number of carboxylic acids is 2. The number of nitrogens with one attached hydrogen (secondary N) is 2. The van der Waals surface area contributed by atoms with Crippen molar-refractivity contribution in [1.82, 2.24) is 20.1 Å². The van der Waals surface area contributed by atoms with Crippen molar-refractivity contribution in [3.05, 3.63) is 6.33 Å². The zero-order chi connectivity index (χ0) is 14.4. The van der Waals surface area contributed by atoms with E-state index in [9.17, 15) is 14.4 Å². The molecule has 0 spiro atoms. The van der Waals surface area contributed by atoms with Crippen LogP contribution < -0.4 is 10.6 Å². The summed E-state index contributed by atoms with van der Waals surface area (Å²) in [4.78, 5) is 36.4. The van der Waals surface area contributed by atoms with Crippen LogP contribution in [0.4, 0.5) is 10.7 Å². The highest BCUT2D eigenvalue weighted by molar-refractivity contribution is 5.91. The van der Waals surface area contributed by atoms with Crippen LogP contribution in [0.25, 0.3) is 0 Å². The van der Waals surface area contributed by atoms with Gasteiger partial charge in [-0.05, 0) is 6.42 Å². The van der Waals surface area contributed by atoms with Crippen molar-refractivity contribution in [3.8, 4) is 0 Å². The molecule has 1 unspecified atom stereocenters. The van der Waals surface area contributed by atoms with Gasteiger partial charge < -0.3 is 15.5 Å². The molecule has 0 fully saturated rings. The lowest BCUT2D eigenvalue weighted by molar-refractivity contribution is -0.140. The van der Waals surface area contributed by atoms with E-state index in [1.54, 1.807) is 7.05 Å². The fourth-order valence-corrected chi connectivity index (χ4v) is 1.23. The highest BCUT2D eigenvalue weighted by atomic mass is 16.4. The summed E-state index contributed by atoms with van der Waals surface area (Å²) in [5, 5.41) is 25.5. The van der Waals surface area contributed by atoms with Gasteiger partial charge in [0.05, 0.1) is 0 Å². The van der Waals surface area contributed by atoms with Gasteiger partial charge in [-0.1, -0.05) is 0 Å². The second kappa shape index (κ2) is 6.33. The molecule has 0 saturated carbocycles. The second-order valence-corrected chi connectivity index (χ2v) is 3.63. The van der Waals surface area contributed by atoms with E-state index in [4.69, 9.17) is 10.2 Å². The van der Waals surface area contributed by atoms with Gasteiger partial charge in [-0.3, -0.25) is 10.1 Å². The van der Waals surface area contributed by atoms with Crippen LogP contribution in [0.5, 0.6) is 0 Å². The number of hydrogen-bond acceptors (Lipinski definition) is 5. The Labute approximate surface area is 107 Å². The molecule has 1 aromatic rings. The molecule has 1 atom stereocenters. The van der Waals surface area contributed by atoms with Gasteiger partial charge in [0.2, 0.25) is 5.95 Å². The summed E-state index contributed by atoms with van der Waals surface area (Å²) >= 11 is 0. The van der Waals surface area contributed by atoms with Crippen molar-refractivity contribution >= 4 is 23.9 Å². The predicted octanol–water partition coefficient (Wildman–Crippen LogP) is -0.745. The van der Waals surface area contributed by atoms with Crippen LogP contribution >= 0.6 is 0 Å². The first-order chi connectivity index (χ1) is 8.90. The molecule has 0 bridgehead atoms. The second-order valence-electron chi connectivity index (χ2n) is 3.63. The molecular weight excluding hydrogens is 258 g/mol. The van der Waals surface area contributed by atoms with Gasteiger partial charge in [0.15, 0.2) is 0 Å². The monoisotopic (exact) mass is 271 g/mol. The number of aromatic nitrogens is 3. The first kappa shape index (κ1) is 14.4. The smallest absolute Gasteiger partial charge is 0.326 e. The number of nitrogens with zero attached hydrogens (tertiary/aromatic N) is 3. The molecular formula is C9H13N5O5. The van der Waals surface area contributed by atoms with E-state index >= 15 is 0 Å². The first-order valence-corrected chi connectivity index (χ1v) is 5.26. The molecule has 104 valence electrons. The summed E-state index contributed by atoms with van der Waals surface area (Å²) in [6.07, 6.45) is 0.646. The summed E-state index contributed by atoms with van der Waals surface area (Å²) < 4.78 is 1.28. The van der Waals surface area contributed by atoms with Gasteiger partial charge >= 0.3 is 18.0 Å². The van der Waals surface area contributed by atoms with E-state index in [-0.39, 0.29) is 18.8 Å². The highest BCUT2D eigenvalue weighted by Crippen LogP contribution is 2.01. The average Bonchev–Trinajstić information content (AvgIpc) is 2.69. The van der Waals surface area contributed by atoms with Crippen LogP contribution in [0.2, 0.25) is 0 Å². The number of aryl methyl sites for hydroxylation is 1. The highest BCUT2D eigenvalue weighted by Gasteiger charge is 2.21. The Kier molecular flexibility index (Phi) is 4.80. The molecule has 0 aliphatic rings. The number of carboxylic acid groups (broad SMARTS) is 2. The Bertz CT molecular complexity index is 485. The van der Waals surface area contributed by atoms with Crippen LogP contribution in [0.15, 0.2) is 6.33 Å². The molecule has 0 saturated heterocycles. The molecule has 0 radical (unpaired) electrons. The number of aliphatic carboxylic acids is 2. The molecule has 0 aliphatic carbocycles. The largest absolute Gasteiger partial charge is 0.481 e. The molecule has 1 aromatic heterocycles. The number of urea groups is 1. The third-order valence-corrected chi connectivity index (χ3v) is 2.19. The van der Waals surface area contributed by atoms with Crippen LogP contribution in [-0.4, -0.2) is 49.0 Å². The number of carbonyl (C=O) groups excluding carboxylic acids is 1. The minimum atomic E-state index is -1.31. The molecule has 1 heterocycles. The maximum Gasteiger partial charge on any atom is 0.326 e. The van der Waals surface area contributed by atoms with Gasteiger partial charge in [0.25, 0.3) is 0 Å². The van der Waals surface area contributed by atoms with Crippen molar-refractivity contribution < 1.29 is 24.6 Å². The van der Waals surface area contributed by atoms with Gasteiger partial charge in [0, 0.05) is 13.5 Å². The van der Waals surface area contributed by atoms with Crippen LogP contribution in [0, 0.1) is 0 Å². The third kappa shape index (κ3) is 4.61. The van der Waals surface area contributed by atoms with Crippen molar-refractivity contribution in [2.24, 2.45) is 7.05 Å². The third-order valence-electron chi connectivity index (χ3n) is 2.19. The first-order valence-electron chi connectivity index (χ1n) is 5.26. The topological polar surface area (TPSA) is 146 Å². The number of rotatable bonds is 6. The average molecular weight is 271 g/mol. The minimum absolute atomic E-state index is 0.139. The Morgan fingerprint density at radius 1 is 1.42 bits per heavy atom. The van der Waals surface area contributed by atoms with Gasteiger partial charge in [-0.15, -0.1) is 0 Å². The lowest BCUT2D eigenvalue weighted by atomic mass is 10.1. The fraction of sp³-hybridized carbons (Fsp3) is 0.444. The normalized spacial score (nSPS) is 11.6. The molecule has 10 heteroatoms. The van der Waals surface area contributed by atoms with E-state index in [1.165, 1.54) is 11.0 Å². The Balaban J connectivity index is 2.54. The van der Waals surface area contributed by atoms with Crippen molar-refractivity contribution in [1.29, 1.82) is 0 Å². The lowest BCUT2D eigenvalue weighted by Gasteiger charge is -2.13. The molecule has 2 amide bonds. The van der Waals surface area contributed by atoms with Gasteiger partial charge in [0.1, 0.15) is 12.4 Å². The van der Waals surface area contributed by atoms with Crippen molar-refractivity contribution in [2.45, 2.75) is 18.9 Å². The van der Waals surface area contributed by atoms with Gasteiger partial charge in [-0.2, -0.15) is 10.1 Å². The molecule has 19 heavy (non-hydrogen) atoms. The Morgan fingerprint density at radius 3 is 2.58 bits per heavy atom. The summed E-state index contributed by atoms with van der Waals surface area (Å²) in [5.41, 5.74) is 0. The maximum atomic E-state index is 11.5. The van der Waals surface area contributed by atoms with Crippen molar-refractivity contribution in [3.63, 3.8) is 0 Å². The molecule has 1 rings (SSSR count). The van der Waals surface area contributed by atoms with E-state index in [0.29, 0.717) is 0 Å². The predicted molar refractivity (Wildman–Crippen MR) is 61.5 cm³/mol. The zero-order valence-corrected chi connectivity index (χ0v) is 10.0. The molecule has 10 nitrogen and oxygen atoms in total. The fourth-order valence-electron chi connectivity index (χ4n) is 1.23. The molecule has 4 N–H and O–H groups in total. The maximum absolute atomic E-state index is 11.5. The zero-order valence-electron chi connectivity index (χ0n) is 10.0. The van der Waals surface area contributed by atoms with Crippen LogP contribution in [0.3, 0.4) is 0 Å². The van der Waals surface area contributed by atoms with E-state index < -0.39 is 24.0 Å².